The van der Waals surface area contributed by atoms with E-state index in [1.165, 1.54) is 17.3 Å². The van der Waals surface area contributed by atoms with Crippen molar-refractivity contribution in [2.24, 2.45) is 0 Å². The molecule has 0 aromatic heterocycles. The molecular formula is C19H28N4O6S. The summed E-state index contributed by atoms with van der Waals surface area (Å²) >= 11 is 0. The highest BCUT2D eigenvalue weighted by Gasteiger charge is 2.28. The van der Waals surface area contributed by atoms with Crippen LogP contribution in [0.1, 0.15) is 13.3 Å². The number of ether oxygens (including phenoxy) is 2. The number of carbonyl (C=O) groups is 2. The lowest BCUT2D eigenvalue weighted by Gasteiger charge is -2.31. The minimum absolute atomic E-state index is 0.0859. The van der Waals surface area contributed by atoms with Crippen molar-refractivity contribution in [1.29, 1.82) is 0 Å². The van der Waals surface area contributed by atoms with Gasteiger partial charge in [-0.1, -0.05) is 0 Å². The summed E-state index contributed by atoms with van der Waals surface area (Å²) in [6.07, 6.45) is 0.0859. The van der Waals surface area contributed by atoms with E-state index >= 15 is 0 Å². The molecule has 0 spiro atoms. The van der Waals surface area contributed by atoms with Crippen LogP contribution in [0.4, 0.5) is 11.4 Å². The summed E-state index contributed by atoms with van der Waals surface area (Å²) in [7, 11) is -3.69. The number of anilines is 2. The Bertz CT molecular complexity index is 864. The molecule has 10 nitrogen and oxygen atoms in total. The third-order valence-corrected chi connectivity index (χ3v) is 6.82. The van der Waals surface area contributed by atoms with Crippen molar-refractivity contribution in [2.45, 2.75) is 18.2 Å². The largest absolute Gasteiger partial charge is 0.379 e. The van der Waals surface area contributed by atoms with Crippen LogP contribution in [0, 0.1) is 0 Å². The molecule has 2 saturated heterocycles. The van der Waals surface area contributed by atoms with Crippen molar-refractivity contribution in [3.63, 3.8) is 0 Å². The van der Waals surface area contributed by atoms with Crippen molar-refractivity contribution >= 4 is 33.2 Å². The van der Waals surface area contributed by atoms with Gasteiger partial charge in [0.15, 0.2) is 0 Å². The van der Waals surface area contributed by atoms with Gasteiger partial charge >= 0.3 is 0 Å². The van der Waals surface area contributed by atoms with Crippen LogP contribution in [-0.4, -0.2) is 83.7 Å². The molecule has 0 saturated carbocycles. The SMILES string of the molecule is CC(=O)NCCC(=O)Nc1cc(S(=O)(=O)N2CCOCC2)ccc1N1CCOCC1. The highest BCUT2D eigenvalue weighted by Crippen LogP contribution is 2.31. The van der Waals surface area contributed by atoms with Gasteiger partial charge in [-0.15, -0.1) is 0 Å². The molecule has 2 aliphatic heterocycles. The molecule has 0 aliphatic carbocycles. The van der Waals surface area contributed by atoms with Gasteiger partial charge in [0.05, 0.1) is 42.7 Å². The van der Waals surface area contributed by atoms with Crippen molar-refractivity contribution in [2.75, 3.05) is 69.4 Å². The molecule has 2 fully saturated rings. The van der Waals surface area contributed by atoms with Gasteiger partial charge in [0.1, 0.15) is 0 Å². The predicted octanol–water partition coefficient (Wildman–Crippen LogP) is 0.00880. The Kier molecular flexibility index (Phi) is 7.64. The number of amides is 2. The van der Waals surface area contributed by atoms with E-state index in [1.54, 1.807) is 12.1 Å². The smallest absolute Gasteiger partial charge is 0.243 e. The molecule has 2 aliphatic rings. The Morgan fingerprint density at radius 3 is 2.30 bits per heavy atom. The van der Waals surface area contributed by atoms with Crippen LogP contribution in [0.3, 0.4) is 0 Å². The first-order valence-corrected chi connectivity index (χ1v) is 11.4. The van der Waals surface area contributed by atoms with E-state index in [-0.39, 0.29) is 29.7 Å². The maximum Gasteiger partial charge on any atom is 0.243 e. The summed E-state index contributed by atoms with van der Waals surface area (Å²) < 4.78 is 38.1. The molecule has 1 aromatic rings. The Balaban J connectivity index is 1.84. The molecule has 1 aromatic carbocycles. The second-order valence-electron chi connectivity index (χ2n) is 7.08. The van der Waals surface area contributed by atoms with Crippen LogP contribution < -0.4 is 15.5 Å². The van der Waals surface area contributed by atoms with E-state index < -0.39 is 10.0 Å². The fraction of sp³-hybridized carbons (Fsp3) is 0.579. The summed E-state index contributed by atoms with van der Waals surface area (Å²) in [6, 6.07) is 4.80. The summed E-state index contributed by atoms with van der Waals surface area (Å²) in [6.45, 7) is 5.31. The van der Waals surface area contributed by atoms with Gasteiger partial charge < -0.3 is 25.0 Å². The monoisotopic (exact) mass is 440 g/mol. The molecule has 0 bridgehead atoms. The molecule has 166 valence electrons. The molecule has 30 heavy (non-hydrogen) atoms. The van der Waals surface area contributed by atoms with Gasteiger partial charge in [-0.2, -0.15) is 4.31 Å². The standard InChI is InChI=1S/C19H28N4O6S/c1-15(24)20-5-4-19(25)21-17-14-16(30(26,27)23-8-12-29-13-9-23)2-3-18(17)22-6-10-28-11-7-22/h2-3,14H,4-13H2,1H3,(H,20,24)(H,21,25). The second-order valence-corrected chi connectivity index (χ2v) is 9.01. The average molecular weight is 441 g/mol. The van der Waals surface area contributed by atoms with E-state index in [1.807, 2.05) is 0 Å². The summed E-state index contributed by atoms with van der Waals surface area (Å²) in [4.78, 5) is 25.6. The number of hydrogen-bond donors (Lipinski definition) is 2. The van der Waals surface area contributed by atoms with E-state index in [4.69, 9.17) is 9.47 Å². The molecule has 2 amide bonds. The normalized spacial score (nSPS) is 18.1. The van der Waals surface area contributed by atoms with Gasteiger partial charge in [-0.3, -0.25) is 9.59 Å². The maximum absolute atomic E-state index is 13.0. The predicted molar refractivity (Wildman–Crippen MR) is 111 cm³/mol. The number of hydrogen-bond acceptors (Lipinski definition) is 7. The van der Waals surface area contributed by atoms with Crippen molar-refractivity contribution < 1.29 is 27.5 Å². The topological polar surface area (TPSA) is 117 Å². The van der Waals surface area contributed by atoms with Crippen LogP contribution in [0.25, 0.3) is 0 Å². The Morgan fingerprint density at radius 2 is 1.67 bits per heavy atom. The lowest BCUT2D eigenvalue weighted by molar-refractivity contribution is -0.119. The Labute approximate surface area is 176 Å². The highest BCUT2D eigenvalue weighted by molar-refractivity contribution is 7.89. The summed E-state index contributed by atoms with van der Waals surface area (Å²) in [5.74, 6) is -0.519. The number of nitrogens with zero attached hydrogens (tertiary/aromatic N) is 2. The molecule has 11 heteroatoms. The number of sulfonamides is 1. The number of nitrogens with one attached hydrogen (secondary N) is 2. The zero-order valence-electron chi connectivity index (χ0n) is 17.1. The van der Waals surface area contributed by atoms with E-state index in [2.05, 4.69) is 15.5 Å². The lowest BCUT2D eigenvalue weighted by atomic mass is 10.2. The number of benzene rings is 1. The molecule has 0 atom stereocenters. The first-order valence-electron chi connectivity index (χ1n) is 9.97. The van der Waals surface area contributed by atoms with Crippen LogP contribution in [0.15, 0.2) is 23.1 Å². The number of carbonyl (C=O) groups excluding carboxylic acids is 2. The van der Waals surface area contributed by atoms with Gasteiger partial charge in [0.25, 0.3) is 0 Å². The first kappa shape index (κ1) is 22.5. The van der Waals surface area contributed by atoms with Crippen molar-refractivity contribution in [3.05, 3.63) is 18.2 Å². The van der Waals surface area contributed by atoms with Gasteiger partial charge in [0.2, 0.25) is 21.8 Å². The van der Waals surface area contributed by atoms with Crippen LogP contribution in [0.2, 0.25) is 0 Å². The molecule has 0 unspecified atom stereocenters. The fourth-order valence-corrected chi connectivity index (χ4v) is 4.79. The van der Waals surface area contributed by atoms with Crippen molar-refractivity contribution in [3.8, 4) is 0 Å². The summed E-state index contributed by atoms with van der Waals surface area (Å²) in [5, 5.41) is 5.39. The number of rotatable bonds is 7. The highest BCUT2D eigenvalue weighted by atomic mass is 32.2. The van der Waals surface area contributed by atoms with Gasteiger partial charge in [-0.05, 0) is 18.2 Å². The quantitative estimate of drug-likeness (QED) is 0.613. The minimum Gasteiger partial charge on any atom is -0.379 e. The third kappa shape index (κ3) is 5.69. The van der Waals surface area contributed by atoms with E-state index in [0.29, 0.717) is 58.3 Å². The minimum atomic E-state index is -3.69. The fourth-order valence-electron chi connectivity index (χ4n) is 3.36. The third-order valence-electron chi connectivity index (χ3n) is 4.93. The van der Waals surface area contributed by atoms with E-state index in [9.17, 15) is 18.0 Å². The van der Waals surface area contributed by atoms with Gasteiger partial charge in [-0.25, -0.2) is 8.42 Å². The second kappa shape index (κ2) is 10.2. The summed E-state index contributed by atoms with van der Waals surface area (Å²) in [5.41, 5.74) is 1.17. The van der Waals surface area contributed by atoms with E-state index in [0.717, 1.165) is 5.69 Å². The Morgan fingerprint density at radius 1 is 1.03 bits per heavy atom. The zero-order valence-corrected chi connectivity index (χ0v) is 17.9. The van der Waals surface area contributed by atoms with Crippen LogP contribution in [0.5, 0.6) is 0 Å². The average Bonchev–Trinajstić information content (AvgIpc) is 2.74. The zero-order chi connectivity index (χ0) is 21.6. The molecule has 0 radical (unpaired) electrons. The van der Waals surface area contributed by atoms with Crippen LogP contribution in [-0.2, 0) is 29.1 Å². The Hall–Kier alpha value is -2.21. The first-order chi connectivity index (χ1) is 14.4. The molecular weight excluding hydrogens is 412 g/mol. The maximum atomic E-state index is 13.0. The number of morpholine rings is 2. The lowest BCUT2D eigenvalue weighted by Crippen LogP contribution is -2.40. The van der Waals surface area contributed by atoms with Gasteiger partial charge in [0, 0.05) is 46.1 Å². The molecule has 2 heterocycles. The molecule has 2 N–H and O–H groups in total. The molecule has 3 rings (SSSR count). The van der Waals surface area contributed by atoms with Crippen molar-refractivity contribution in [1.82, 2.24) is 9.62 Å². The van der Waals surface area contributed by atoms with Crippen LogP contribution >= 0.6 is 0 Å².